The molecule has 0 radical (unpaired) electrons. The van der Waals surface area contributed by atoms with Gasteiger partial charge in [-0.15, -0.1) is 11.6 Å². The number of carbonyl (C=O) groups is 1. The van der Waals surface area contributed by atoms with E-state index in [1.165, 1.54) is 0 Å². The number of morpholine rings is 1. The predicted octanol–water partition coefficient (Wildman–Crippen LogP) is 2.50. The van der Waals surface area contributed by atoms with Gasteiger partial charge in [-0.3, -0.25) is 4.79 Å². The molecule has 1 aromatic carbocycles. The van der Waals surface area contributed by atoms with Crippen LogP contribution in [0, 0.1) is 0 Å². The third-order valence-corrected chi connectivity index (χ3v) is 3.65. The molecule has 2 rings (SSSR count). The summed E-state index contributed by atoms with van der Waals surface area (Å²) in [6.45, 7) is 7.81. The smallest absolute Gasteiger partial charge is 0.239 e. The second-order valence-corrected chi connectivity index (χ2v) is 5.23. The maximum absolute atomic E-state index is 11.6. The Kier molecular flexibility index (Phi) is 6.80. The molecule has 0 saturated carbocycles. The summed E-state index contributed by atoms with van der Waals surface area (Å²) in [5.41, 5.74) is 1.51. The highest BCUT2D eigenvalue weighted by atomic mass is 35.5. The summed E-state index contributed by atoms with van der Waals surface area (Å²) in [6, 6.07) is 3.70. The minimum atomic E-state index is -0.283. The third-order valence-electron chi connectivity index (χ3n) is 3.41. The number of amides is 1. The summed E-state index contributed by atoms with van der Waals surface area (Å²) in [7, 11) is 0. The topological polar surface area (TPSA) is 60.0 Å². The first kappa shape index (κ1) is 17.7. The summed E-state index contributed by atoms with van der Waals surface area (Å²) >= 11 is 5.58. The highest BCUT2D eigenvalue weighted by Gasteiger charge is 2.20. The van der Waals surface area contributed by atoms with Gasteiger partial charge in [-0.05, 0) is 13.8 Å². The number of rotatable bonds is 7. The number of alkyl halides is 1. The van der Waals surface area contributed by atoms with Gasteiger partial charge in [0.05, 0.1) is 37.8 Å². The second kappa shape index (κ2) is 8.84. The van der Waals surface area contributed by atoms with Gasteiger partial charge in [-0.1, -0.05) is 0 Å². The van der Waals surface area contributed by atoms with E-state index in [2.05, 4.69) is 10.2 Å². The van der Waals surface area contributed by atoms with Crippen LogP contribution in [0.15, 0.2) is 12.1 Å². The molecule has 1 aliphatic heterocycles. The first-order valence-corrected chi connectivity index (χ1v) is 8.35. The fourth-order valence-electron chi connectivity index (χ4n) is 2.43. The molecule has 0 aromatic heterocycles. The van der Waals surface area contributed by atoms with Gasteiger partial charge in [0.25, 0.3) is 0 Å². The molecule has 0 bridgehead atoms. The van der Waals surface area contributed by atoms with E-state index in [4.69, 9.17) is 25.8 Å². The fourth-order valence-corrected chi connectivity index (χ4v) is 2.49. The molecule has 1 aromatic rings. The monoisotopic (exact) mass is 342 g/mol. The van der Waals surface area contributed by atoms with Gasteiger partial charge in [0.15, 0.2) is 0 Å². The zero-order valence-electron chi connectivity index (χ0n) is 13.6. The Hall–Kier alpha value is -1.66. The Balaban J connectivity index is 2.38. The molecule has 0 spiro atoms. The quantitative estimate of drug-likeness (QED) is 0.771. The number of carbonyl (C=O) groups excluding carboxylic acids is 1. The van der Waals surface area contributed by atoms with Crippen LogP contribution in [-0.2, 0) is 9.53 Å². The van der Waals surface area contributed by atoms with Crippen LogP contribution in [0.4, 0.5) is 11.4 Å². The summed E-state index contributed by atoms with van der Waals surface area (Å²) in [5.74, 6) is 0.925. The van der Waals surface area contributed by atoms with Crippen molar-refractivity contribution in [2.24, 2.45) is 0 Å². The van der Waals surface area contributed by atoms with E-state index in [-0.39, 0.29) is 11.8 Å². The molecule has 23 heavy (non-hydrogen) atoms. The zero-order chi connectivity index (χ0) is 16.7. The molecule has 1 amide bonds. The highest BCUT2D eigenvalue weighted by Crippen LogP contribution is 2.39. The van der Waals surface area contributed by atoms with E-state index in [1.54, 1.807) is 6.07 Å². The van der Waals surface area contributed by atoms with Crippen LogP contribution in [0.5, 0.6) is 11.5 Å². The Labute approximate surface area is 141 Å². The molecule has 1 fully saturated rings. The van der Waals surface area contributed by atoms with Gasteiger partial charge < -0.3 is 24.4 Å². The molecular formula is C16H23ClN2O4. The Morgan fingerprint density at radius 1 is 1.22 bits per heavy atom. The Morgan fingerprint density at radius 2 is 1.87 bits per heavy atom. The molecule has 7 heteroatoms. The van der Waals surface area contributed by atoms with Gasteiger partial charge in [0, 0.05) is 25.2 Å². The van der Waals surface area contributed by atoms with Crippen molar-refractivity contribution in [3.05, 3.63) is 12.1 Å². The van der Waals surface area contributed by atoms with Crippen molar-refractivity contribution in [1.29, 1.82) is 0 Å². The normalized spacial score (nSPS) is 14.5. The minimum absolute atomic E-state index is 0.110. The average Bonchev–Trinajstić information content (AvgIpc) is 2.58. The molecule has 6 nitrogen and oxygen atoms in total. The number of halogens is 1. The maximum Gasteiger partial charge on any atom is 0.239 e. The first-order valence-electron chi connectivity index (χ1n) is 7.81. The molecule has 0 aliphatic carbocycles. The molecule has 1 aliphatic rings. The van der Waals surface area contributed by atoms with Crippen molar-refractivity contribution in [2.45, 2.75) is 13.8 Å². The Morgan fingerprint density at radius 3 is 2.48 bits per heavy atom. The van der Waals surface area contributed by atoms with E-state index in [0.717, 1.165) is 18.8 Å². The van der Waals surface area contributed by atoms with Crippen molar-refractivity contribution in [3.63, 3.8) is 0 Å². The van der Waals surface area contributed by atoms with E-state index in [1.807, 2.05) is 19.9 Å². The lowest BCUT2D eigenvalue weighted by Crippen LogP contribution is -2.36. The molecule has 0 atom stereocenters. The van der Waals surface area contributed by atoms with Crippen molar-refractivity contribution in [3.8, 4) is 11.5 Å². The number of nitrogens with zero attached hydrogens (tertiary/aromatic N) is 1. The van der Waals surface area contributed by atoms with E-state index in [9.17, 15) is 4.79 Å². The van der Waals surface area contributed by atoms with Crippen LogP contribution < -0.4 is 19.7 Å². The van der Waals surface area contributed by atoms with Crippen molar-refractivity contribution in [1.82, 2.24) is 0 Å². The van der Waals surface area contributed by atoms with E-state index in [0.29, 0.717) is 43.6 Å². The van der Waals surface area contributed by atoms with Gasteiger partial charge in [0.2, 0.25) is 5.91 Å². The highest BCUT2D eigenvalue weighted by molar-refractivity contribution is 6.29. The zero-order valence-corrected chi connectivity index (χ0v) is 14.3. The van der Waals surface area contributed by atoms with Crippen molar-refractivity contribution < 1.29 is 19.0 Å². The molecule has 1 N–H and O–H groups in total. The lowest BCUT2D eigenvalue weighted by molar-refractivity contribution is -0.113. The second-order valence-electron chi connectivity index (χ2n) is 4.96. The predicted molar refractivity (Wildman–Crippen MR) is 91.2 cm³/mol. The lowest BCUT2D eigenvalue weighted by Gasteiger charge is -2.31. The number of hydrogen-bond donors (Lipinski definition) is 1. The van der Waals surface area contributed by atoms with Crippen LogP contribution in [0.25, 0.3) is 0 Å². The summed E-state index contributed by atoms with van der Waals surface area (Å²) in [6.07, 6.45) is 0. The molecule has 1 saturated heterocycles. The lowest BCUT2D eigenvalue weighted by atomic mass is 10.2. The largest absolute Gasteiger partial charge is 0.492 e. The molecule has 0 unspecified atom stereocenters. The summed E-state index contributed by atoms with van der Waals surface area (Å²) in [5, 5.41) is 2.75. The average molecular weight is 343 g/mol. The fraction of sp³-hybridized carbons (Fsp3) is 0.562. The maximum atomic E-state index is 11.6. The van der Waals surface area contributed by atoms with Crippen molar-refractivity contribution >= 4 is 28.9 Å². The number of anilines is 2. The number of benzene rings is 1. The summed E-state index contributed by atoms with van der Waals surface area (Å²) < 4.78 is 16.8. The van der Waals surface area contributed by atoms with Crippen molar-refractivity contribution in [2.75, 3.05) is 55.6 Å². The van der Waals surface area contributed by atoms with Crippen LogP contribution in [-0.4, -0.2) is 51.3 Å². The Bertz CT molecular complexity index is 533. The first-order chi connectivity index (χ1) is 11.2. The van der Waals surface area contributed by atoms with Crippen LogP contribution in [0.1, 0.15) is 13.8 Å². The minimum Gasteiger partial charge on any atom is -0.492 e. The standard InChI is InChI=1S/C16H23ClN2O4/c1-3-22-14-10-13(19-5-7-21-8-6-19)15(23-4-2)9-12(14)18-16(20)11-17/h9-10H,3-8,11H2,1-2H3,(H,18,20). The molecule has 1 heterocycles. The SMILES string of the molecule is CCOc1cc(N2CCOCC2)c(OCC)cc1NC(=O)CCl. The third kappa shape index (κ3) is 4.65. The van der Waals surface area contributed by atoms with Gasteiger partial charge >= 0.3 is 0 Å². The molecule has 128 valence electrons. The van der Waals surface area contributed by atoms with Gasteiger partial charge in [-0.2, -0.15) is 0 Å². The van der Waals surface area contributed by atoms with E-state index >= 15 is 0 Å². The van der Waals surface area contributed by atoms with Gasteiger partial charge in [0.1, 0.15) is 17.4 Å². The number of ether oxygens (including phenoxy) is 3. The van der Waals surface area contributed by atoms with Crippen LogP contribution in [0.3, 0.4) is 0 Å². The van der Waals surface area contributed by atoms with Crippen LogP contribution >= 0.6 is 11.6 Å². The molecular weight excluding hydrogens is 320 g/mol. The number of nitrogens with one attached hydrogen (secondary N) is 1. The number of hydrogen-bond acceptors (Lipinski definition) is 5. The van der Waals surface area contributed by atoms with E-state index < -0.39 is 0 Å². The van der Waals surface area contributed by atoms with Gasteiger partial charge in [-0.25, -0.2) is 0 Å². The summed E-state index contributed by atoms with van der Waals surface area (Å²) in [4.78, 5) is 13.8. The van der Waals surface area contributed by atoms with Crippen LogP contribution in [0.2, 0.25) is 0 Å².